The van der Waals surface area contributed by atoms with Crippen molar-refractivity contribution in [3.63, 3.8) is 0 Å². The number of ether oxygens (including phenoxy) is 1. The minimum absolute atomic E-state index is 0.0197. The molecule has 0 radical (unpaired) electrons. The molecular formula is C21H32O5. The molecular weight excluding hydrogens is 332 g/mol. The van der Waals surface area contributed by atoms with Gasteiger partial charge in [0.05, 0.1) is 18.6 Å². The number of allylic oxidation sites excluding steroid dienone is 1. The van der Waals surface area contributed by atoms with Gasteiger partial charge in [-0.2, -0.15) is 0 Å². The highest BCUT2D eigenvalue weighted by Gasteiger charge is 2.62. The quantitative estimate of drug-likeness (QED) is 0.579. The summed E-state index contributed by atoms with van der Waals surface area (Å²) in [5.74, 6) is -0.532. The van der Waals surface area contributed by atoms with E-state index in [9.17, 15) is 14.7 Å². The van der Waals surface area contributed by atoms with E-state index in [0.717, 1.165) is 37.7 Å². The summed E-state index contributed by atoms with van der Waals surface area (Å²) in [5.41, 5.74) is 0.369. The highest BCUT2D eigenvalue weighted by Crippen LogP contribution is 2.65. The predicted molar refractivity (Wildman–Crippen MR) is 97.3 cm³/mol. The van der Waals surface area contributed by atoms with Gasteiger partial charge in [-0.25, -0.2) is 4.79 Å². The van der Waals surface area contributed by atoms with Crippen molar-refractivity contribution in [3.8, 4) is 0 Å². The Morgan fingerprint density at radius 3 is 2.58 bits per heavy atom. The molecule has 26 heavy (non-hydrogen) atoms. The Balaban J connectivity index is 1.98. The first-order valence-electron chi connectivity index (χ1n) is 9.85. The maximum atomic E-state index is 12.6. The molecule has 0 saturated heterocycles. The van der Waals surface area contributed by atoms with Gasteiger partial charge in [0, 0.05) is 6.08 Å². The number of hydrogen-bond acceptors (Lipinski definition) is 4. The van der Waals surface area contributed by atoms with Crippen LogP contribution in [-0.2, 0) is 14.3 Å². The summed E-state index contributed by atoms with van der Waals surface area (Å²) in [7, 11) is 1.45. The third-order valence-electron chi connectivity index (χ3n) is 8.08. The zero-order chi connectivity index (χ0) is 19.3. The summed E-state index contributed by atoms with van der Waals surface area (Å²) in [6, 6.07) is 0. The van der Waals surface area contributed by atoms with Crippen molar-refractivity contribution < 1.29 is 24.5 Å². The maximum absolute atomic E-state index is 12.6. The first-order chi connectivity index (χ1) is 12.1. The molecule has 3 aliphatic rings. The van der Waals surface area contributed by atoms with Crippen LogP contribution in [0.25, 0.3) is 0 Å². The number of carboxylic acids is 1. The van der Waals surface area contributed by atoms with Crippen LogP contribution in [0.3, 0.4) is 0 Å². The Bertz CT molecular complexity index is 626. The molecule has 0 amide bonds. The number of fused-ring (bicyclic) bond motifs is 3. The lowest BCUT2D eigenvalue weighted by molar-refractivity contribution is -0.189. The second-order valence-corrected chi connectivity index (χ2v) is 9.19. The molecule has 0 aromatic carbocycles. The monoisotopic (exact) mass is 364 g/mol. The molecule has 0 aliphatic heterocycles. The van der Waals surface area contributed by atoms with E-state index in [-0.39, 0.29) is 29.1 Å². The van der Waals surface area contributed by atoms with Crippen molar-refractivity contribution in [2.75, 3.05) is 7.11 Å². The molecule has 0 aromatic rings. The molecule has 0 bridgehead atoms. The lowest BCUT2D eigenvalue weighted by Gasteiger charge is -2.62. The molecule has 2 N–H and O–H groups in total. The Kier molecular flexibility index (Phi) is 4.97. The summed E-state index contributed by atoms with van der Waals surface area (Å²) in [4.78, 5) is 23.8. The third kappa shape index (κ3) is 2.79. The molecule has 7 atom stereocenters. The van der Waals surface area contributed by atoms with Crippen LogP contribution in [0.5, 0.6) is 0 Å². The molecule has 0 spiro atoms. The number of carbonyl (C=O) groups excluding carboxylic acids is 1. The Morgan fingerprint density at radius 1 is 1.27 bits per heavy atom. The van der Waals surface area contributed by atoms with E-state index in [1.807, 2.05) is 6.92 Å². The van der Waals surface area contributed by atoms with Gasteiger partial charge < -0.3 is 14.9 Å². The Morgan fingerprint density at radius 2 is 1.96 bits per heavy atom. The van der Waals surface area contributed by atoms with Gasteiger partial charge in [0.1, 0.15) is 0 Å². The Labute approximate surface area is 155 Å². The first-order valence-corrected chi connectivity index (χ1v) is 9.85. The van der Waals surface area contributed by atoms with Gasteiger partial charge in [0.25, 0.3) is 0 Å². The van der Waals surface area contributed by atoms with Crippen LogP contribution in [0.1, 0.15) is 59.3 Å². The van der Waals surface area contributed by atoms with Crippen LogP contribution in [0.4, 0.5) is 0 Å². The smallest absolute Gasteiger partial charge is 0.328 e. The van der Waals surface area contributed by atoms with Gasteiger partial charge in [-0.15, -0.1) is 0 Å². The standard InChI is InChI=1S/C21H32O5/c1-12-13(10-17(23)24)6-7-14-18(12)15(22)11-16-20(14,2)8-5-9-21(16,3)19(25)26-4/h10,12,14-16,18,22H,5-9,11H2,1-4H3,(H,23,24)/t12-,14+,15+,16-,18+,20-,21+/m1/s1. The number of aliphatic carboxylic acids is 1. The second-order valence-electron chi connectivity index (χ2n) is 9.19. The van der Waals surface area contributed by atoms with Crippen molar-refractivity contribution in [1.82, 2.24) is 0 Å². The van der Waals surface area contributed by atoms with Gasteiger partial charge in [0.15, 0.2) is 0 Å². The number of carbonyl (C=O) groups is 2. The number of hydrogen-bond donors (Lipinski definition) is 2. The van der Waals surface area contributed by atoms with Crippen LogP contribution in [-0.4, -0.2) is 35.4 Å². The fraction of sp³-hybridized carbons (Fsp3) is 0.810. The highest BCUT2D eigenvalue weighted by atomic mass is 16.5. The van der Waals surface area contributed by atoms with Gasteiger partial charge in [-0.3, -0.25) is 4.79 Å². The minimum Gasteiger partial charge on any atom is -0.478 e. The number of rotatable bonds is 2. The number of aliphatic hydroxyl groups is 1. The van der Waals surface area contributed by atoms with Crippen molar-refractivity contribution in [3.05, 3.63) is 11.6 Å². The van der Waals surface area contributed by atoms with Gasteiger partial charge in [0.2, 0.25) is 0 Å². The van der Waals surface area contributed by atoms with Crippen molar-refractivity contribution in [2.45, 2.75) is 65.4 Å². The van der Waals surface area contributed by atoms with Crippen LogP contribution in [0, 0.1) is 34.5 Å². The first kappa shape index (κ1) is 19.4. The lowest BCUT2D eigenvalue weighted by atomic mass is 9.42. The normalized spacial score (nSPS) is 47.0. The molecule has 0 heterocycles. The summed E-state index contributed by atoms with van der Waals surface area (Å²) >= 11 is 0. The molecule has 5 nitrogen and oxygen atoms in total. The van der Waals surface area contributed by atoms with E-state index in [0.29, 0.717) is 12.3 Å². The number of methoxy groups -OCH3 is 1. The summed E-state index contributed by atoms with van der Waals surface area (Å²) in [6.07, 6.45) is 5.92. The second kappa shape index (κ2) is 6.66. The number of aliphatic hydroxyl groups excluding tert-OH is 1. The average Bonchev–Trinajstić information content (AvgIpc) is 2.58. The van der Waals surface area contributed by atoms with E-state index in [1.165, 1.54) is 13.2 Å². The van der Waals surface area contributed by atoms with E-state index in [1.54, 1.807) is 0 Å². The highest BCUT2D eigenvalue weighted by molar-refractivity contribution is 5.80. The molecule has 3 saturated carbocycles. The van der Waals surface area contributed by atoms with Crippen LogP contribution < -0.4 is 0 Å². The minimum atomic E-state index is -0.907. The van der Waals surface area contributed by atoms with Crippen molar-refractivity contribution >= 4 is 11.9 Å². The molecule has 3 aliphatic carbocycles. The fourth-order valence-electron chi connectivity index (χ4n) is 6.83. The van der Waals surface area contributed by atoms with E-state index >= 15 is 0 Å². The SMILES string of the molecule is COC(=O)[C@@]1(C)CCC[C@@]2(C)[C@H]1C[C@H](O)[C@H]1[C@H](C)C(=CC(=O)O)CC[C@@H]12. The van der Waals surface area contributed by atoms with Crippen LogP contribution in [0.15, 0.2) is 11.6 Å². The van der Waals surface area contributed by atoms with Crippen molar-refractivity contribution in [2.24, 2.45) is 34.5 Å². The van der Waals surface area contributed by atoms with Gasteiger partial charge in [-0.1, -0.05) is 25.8 Å². The summed E-state index contributed by atoms with van der Waals surface area (Å²) in [5, 5.41) is 20.2. The Hall–Kier alpha value is -1.36. The molecule has 5 heteroatoms. The van der Waals surface area contributed by atoms with Crippen molar-refractivity contribution in [1.29, 1.82) is 0 Å². The maximum Gasteiger partial charge on any atom is 0.328 e. The van der Waals surface area contributed by atoms with Crippen LogP contribution >= 0.6 is 0 Å². The van der Waals surface area contributed by atoms with Crippen LogP contribution in [0.2, 0.25) is 0 Å². The molecule has 3 rings (SSSR count). The topological polar surface area (TPSA) is 83.8 Å². The van der Waals surface area contributed by atoms with E-state index in [2.05, 4.69) is 13.8 Å². The van der Waals surface area contributed by atoms with Gasteiger partial charge >= 0.3 is 11.9 Å². The molecule has 0 unspecified atom stereocenters. The van der Waals surface area contributed by atoms with E-state index < -0.39 is 17.5 Å². The lowest BCUT2D eigenvalue weighted by Crippen LogP contribution is -2.60. The number of esters is 1. The summed E-state index contributed by atoms with van der Waals surface area (Å²) < 4.78 is 5.14. The third-order valence-corrected chi connectivity index (χ3v) is 8.08. The molecule has 146 valence electrons. The molecule has 3 fully saturated rings. The summed E-state index contributed by atoms with van der Waals surface area (Å²) in [6.45, 7) is 6.36. The largest absolute Gasteiger partial charge is 0.478 e. The van der Waals surface area contributed by atoms with E-state index in [4.69, 9.17) is 9.84 Å². The number of carboxylic acid groups (broad SMARTS) is 1. The molecule has 0 aromatic heterocycles. The zero-order valence-electron chi connectivity index (χ0n) is 16.3. The fourth-order valence-corrected chi connectivity index (χ4v) is 6.83. The zero-order valence-corrected chi connectivity index (χ0v) is 16.3. The predicted octanol–water partition coefficient (Wildman–Crippen LogP) is 3.41. The average molecular weight is 364 g/mol. The van der Waals surface area contributed by atoms with Gasteiger partial charge in [-0.05, 0) is 68.1 Å².